The standard InChI is InChI=1S/C14H15ClN2O3S/c15-13-5-11(3-1-9(13)6-16)21(19,20)17-7-10-2-4-14(18)12(10)8-17/h1,3,5,10,12,14,18H,2,4,7-8H2. The van der Waals surface area contributed by atoms with Crippen LogP contribution in [0.25, 0.3) is 0 Å². The van der Waals surface area contributed by atoms with E-state index >= 15 is 0 Å². The highest BCUT2D eigenvalue weighted by Crippen LogP contribution is 2.40. The smallest absolute Gasteiger partial charge is 0.243 e. The lowest BCUT2D eigenvalue weighted by Gasteiger charge is -2.18. The Morgan fingerprint density at radius 2 is 2.10 bits per heavy atom. The summed E-state index contributed by atoms with van der Waals surface area (Å²) in [6, 6.07) is 6.05. The first-order valence-corrected chi connectivity index (χ1v) is 8.63. The Morgan fingerprint density at radius 1 is 1.33 bits per heavy atom. The van der Waals surface area contributed by atoms with Crippen LogP contribution in [-0.4, -0.2) is 37.0 Å². The average Bonchev–Trinajstić information content (AvgIpc) is 3.02. The van der Waals surface area contributed by atoms with Gasteiger partial charge in [-0.1, -0.05) is 11.6 Å². The molecule has 21 heavy (non-hydrogen) atoms. The molecule has 3 unspecified atom stereocenters. The molecule has 112 valence electrons. The van der Waals surface area contributed by atoms with Crippen LogP contribution in [0.15, 0.2) is 23.1 Å². The summed E-state index contributed by atoms with van der Waals surface area (Å²) in [7, 11) is -3.62. The van der Waals surface area contributed by atoms with Gasteiger partial charge in [0, 0.05) is 19.0 Å². The van der Waals surface area contributed by atoms with E-state index in [4.69, 9.17) is 16.9 Å². The highest BCUT2D eigenvalue weighted by molar-refractivity contribution is 7.89. The molecule has 1 aliphatic carbocycles. The molecule has 3 atom stereocenters. The minimum Gasteiger partial charge on any atom is -0.393 e. The zero-order chi connectivity index (χ0) is 15.2. The van der Waals surface area contributed by atoms with E-state index in [-0.39, 0.29) is 27.3 Å². The average molecular weight is 327 g/mol. The van der Waals surface area contributed by atoms with Gasteiger partial charge in [-0.25, -0.2) is 8.42 Å². The molecule has 5 nitrogen and oxygen atoms in total. The van der Waals surface area contributed by atoms with Crippen molar-refractivity contribution in [1.82, 2.24) is 4.31 Å². The molecule has 0 spiro atoms. The fourth-order valence-corrected chi connectivity index (χ4v) is 5.14. The monoisotopic (exact) mass is 326 g/mol. The van der Waals surface area contributed by atoms with Crippen LogP contribution in [0, 0.1) is 23.2 Å². The van der Waals surface area contributed by atoms with E-state index in [0.717, 1.165) is 12.8 Å². The summed E-state index contributed by atoms with van der Waals surface area (Å²) in [4.78, 5) is 0.0981. The van der Waals surface area contributed by atoms with Crippen LogP contribution in [0.5, 0.6) is 0 Å². The van der Waals surface area contributed by atoms with Gasteiger partial charge in [0.15, 0.2) is 0 Å². The minimum atomic E-state index is -3.62. The first kappa shape index (κ1) is 14.8. The van der Waals surface area contributed by atoms with Gasteiger partial charge in [-0.2, -0.15) is 9.57 Å². The molecule has 1 aromatic carbocycles. The highest BCUT2D eigenvalue weighted by Gasteiger charge is 2.45. The van der Waals surface area contributed by atoms with Gasteiger partial charge in [-0.3, -0.25) is 0 Å². The van der Waals surface area contributed by atoms with E-state index in [1.165, 1.54) is 22.5 Å². The van der Waals surface area contributed by atoms with E-state index in [1.807, 2.05) is 6.07 Å². The molecular formula is C14H15ClN2O3S. The second-order valence-corrected chi connectivity index (χ2v) is 7.99. The molecule has 7 heteroatoms. The quantitative estimate of drug-likeness (QED) is 0.895. The van der Waals surface area contributed by atoms with Gasteiger partial charge in [0.05, 0.1) is 21.6 Å². The lowest BCUT2D eigenvalue weighted by molar-refractivity contribution is 0.129. The Balaban J connectivity index is 1.88. The maximum atomic E-state index is 12.6. The van der Waals surface area contributed by atoms with Crippen molar-refractivity contribution in [1.29, 1.82) is 5.26 Å². The topological polar surface area (TPSA) is 81.4 Å². The summed E-state index contributed by atoms with van der Waals surface area (Å²) < 4.78 is 26.7. The summed E-state index contributed by atoms with van der Waals surface area (Å²) >= 11 is 5.92. The molecule has 1 aliphatic heterocycles. The van der Waals surface area contributed by atoms with E-state index in [2.05, 4.69) is 0 Å². The van der Waals surface area contributed by atoms with Gasteiger partial charge in [0.2, 0.25) is 10.0 Å². The van der Waals surface area contributed by atoms with Gasteiger partial charge >= 0.3 is 0 Å². The van der Waals surface area contributed by atoms with Crippen molar-refractivity contribution in [2.24, 2.45) is 11.8 Å². The molecule has 0 aromatic heterocycles. The Kier molecular flexibility index (Phi) is 3.70. The molecule has 1 N–H and O–H groups in total. The summed E-state index contributed by atoms with van der Waals surface area (Å²) in [5.74, 6) is 0.275. The number of hydrogen-bond donors (Lipinski definition) is 1. The third-order valence-electron chi connectivity index (χ3n) is 4.48. The third kappa shape index (κ3) is 2.44. The number of fused-ring (bicyclic) bond motifs is 1. The Hall–Kier alpha value is -1.13. The molecule has 1 aromatic rings. The van der Waals surface area contributed by atoms with Crippen LogP contribution < -0.4 is 0 Å². The van der Waals surface area contributed by atoms with Crippen LogP contribution in [0.2, 0.25) is 5.02 Å². The molecule has 1 saturated heterocycles. The predicted octanol–water partition coefficient (Wildman–Crippen LogP) is 1.60. The van der Waals surface area contributed by atoms with E-state index in [9.17, 15) is 13.5 Å². The minimum absolute atomic E-state index is 0.0358. The molecule has 0 amide bonds. The number of aliphatic hydroxyl groups is 1. The van der Waals surface area contributed by atoms with Crippen LogP contribution in [0.1, 0.15) is 18.4 Å². The largest absolute Gasteiger partial charge is 0.393 e. The number of rotatable bonds is 2. The number of nitriles is 1. The van der Waals surface area contributed by atoms with E-state index in [1.54, 1.807) is 0 Å². The third-order valence-corrected chi connectivity index (χ3v) is 6.62. The van der Waals surface area contributed by atoms with E-state index in [0.29, 0.717) is 13.1 Å². The highest BCUT2D eigenvalue weighted by atomic mass is 35.5. The molecule has 1 saturated carbocycles. The van der Waals surface area contributed by atoms with Gasteiger partial charge in [0.1, 0.15) is 6.07 Å². The van der Waals surface area contributed by atoms with Crippen LogP contribution >= 0.6 is 11.6 Å². The maximum absolute atomic E-state index is 12.6. The summed E-state index contributed by atoms with van der Waals surface area (Å²) in [5.41, 5.74) is 0.254. The number of hydrogen-bond acceptors (Lipinski definition) is 4. The maximum Gasteiger partial charge on any atom is 0.243 e. The second kappa shape index (κ2) is 5.25. The molecule has 2 fully saturated rings. The summed E-state index contributed by atoms with van der Waals surface area (Å²) in [5, 5.41) is 18.9. The number of aliphatic hydroxyl groups excluding tert-OH is 1. The van der Waals surface area contributed by atoms with Crippen molar-refractivity contribution in [3.8, 4) is 6.07 Å². The number of nitrogens with zero attached hydrogens (tertiary/aromatic N) is 2. The van der Waals surface area contributed by atoms with Gasteiger partial charge < -0.3 is 5.11 Å². The fraction of sp³-hybridized carbons (Fsp3) is 0.500. The Labute approximate surface area is 128 Å². The second-order valence-electron chi connectivity index (χ2n) is 5.64. The van der Waals surface area contributed by atoms with Gasteiger partial charge in [0.25, 0.3) is 0 Å². The van der Waals surface area contributed by atoms with Crippen LogP contribution in [0.3, 0.4) is 0 Å². The molecule has 1 heterocycles. The van der Waals surface area contributed by atoms with E-state index < -0.39 is 16.1 Å². The molecule has 0 radical (unpaired) electrons. The molecule has 2 aliphatic rings. The normalized spacial score (nSPS) is 29.3. The molecule has 0 bridgehead atoms. The van der Waals surface area contributed by atoms with Crippen molar-refractivity contribution in [2.75, 3.05) is 13.1 Å². The number of sulfonamides is 1. The Morgan fingerprint density at radius 3 is 2.71 bits per heavy atom. The summed E-state index contributed by atoms with van der Waals surface area (Å²) in [6.07, 6.45) is 1.22. The van der Waals surface area contributed by atoms with Crippen molar-refractivity contribution in [3.63, 3.8) is 0 Å². The van der Waals surface area contributed by atoms with Crippen LogP contribution in [-0.2, 0) is 10.0 Å². The summed E-state index contributed by atoms with van der Waals surface area (Å²) in [6.45, 7) is 0.799. The lowest BCUT2D eigenvalue weighted by atomic mass is 10.00. The SMILES string of the molecule is N#Cc1ccc(S(=O)(=O)N2CC3CCC(O)C3C2)cc1Cl. The van der Waals surface area contributed by atoms with Gasteiger partial charge in [-0.05, 0) is 37.0 Å². The predicted molar refractivity (Wildman–Crippen MR) is 77.1 cm³/mol. The fourth-order valence-electron chi connectivity index (χ4n) is 3.29. The van der Waals surface area contributed by atoms with Crippen molar-refractivity contribution in [3.05, 3.63) is 28.8 Å². The zero-order valence-electron chi connectivity index (χ0n) is 11.2. The van der Waals surface area contributed by atoms with Crippen LogP contribution in [0.4, 0.5) is 0 Å². The first-order chi connectivity index (χ1) is 9.93. The lowest BCUT2D eigenvalue weighted by Crippen LogP contribution is -2.31. The first-order valence-electron chi connectivity index (χ1n) is 6.81. The number of benzene rings is 1. The molecular weight excluding hydrogens is 312 g/mol. The van der Waals surface area contributed by atoms with Gasteiger partial charge in [-0.15, -0.1) is 0 Å². The Bertz CT molecular complexity index is 713. The van der Waals surface area contributed by atoms with Crippen molar-refractivity contribution in [2.45, 2.75) is 23.8 Å². The number of halogens is 1. The van der Waals surface area contributed by atoms with Crippen molar-refractivity contribution >= 4 is 21.6 Å². The molecule has 3 rings (SSSR count). The van der Waals surface area contributed by atoms with Crippen molar-refractivity contribution < 1.29 is 13.5 Å². The zero-order valence-corrected chi connectivity index (χ0v) is 12.8.